The summed E-state index contributed by atoms with van der Waals surface area (Å²) in [5, 5.41) is 0. The molecule has 6 rings (SSSR count). The van der Waals surface area contributed by atoms with Crippen molar-refractivity contribution >= 4 is 22.8 Å². The number of pyridine rings is 1. The maximum absolute atomic E-state index is 15.9. The first-order valence-electron chi connectivity index (χ1n) is 13.3. The molecule has 1 aromatic carbocycles. The van der Waals surface area contributed by atoms with Gasteiger partial charge >= 0.3 is 0 Å². The molecule has 202 valence electrons. The molecule has 0 atom stereocenters. The van der Waals surface area contributed by atoms with E-state index in [0.29, 0.717) is 68.4 Å². The minimum absolute atomic E-state index is 0.0277. The number of likely N-dealkylation sites (tertiary alicyclic amines) is 2. The summed E-state index contributed by atoms with van der Waals surface area (Å²) in [5.74, 6) is 0.259. The highest BCUT2D eigenvalue weighted by atomic mass is 19.1. The molecule has 4 aromatic rings. The Morgan fingerprint density at radius 3 is 2.51 bits per heavy atom. The van der Waals surface area contributed by atoms with Gasteiger partial charge in [0.25, 0.3) is 5.91 Å². The number of nitrogen functional groups attached to an aromatic ring is 1. The van der Waals surface area contributed by atoms with E-state index < -0.39 is 11.6 Å². The van der Waals surface area contributed by atoms with E-state index in [1.165, 1.54) is 18.3 Å². The van der Waals surface area contributed by atoms with Gasteiger partial charge in [-0.05, 0) is 37.1 Å². The molecule has 2 fully saturated rings. The Balaban J connectivity index is 1.13. The van der Waals surface area contributed by atoms with E-state index in [-0.39, 0.29) is 24.7 Å². The number of rotatable bonds is 5. The number of nitrogens with two attached hydrogens (primary N) is 1. The molecule has 1 amide bonds. The molecule has 0 spiro atoms. The SMILES string of the molecule is Nc1cnc(CN2CCC(F)(C(=O)N3CCC(n4c(-c5ccccn5)nc5cc(F)ccc54)CC3)CC2)cn1. The maximum Gasteiger partial charge on any atom is 0.260 e. The first-order valence-corrected chi connectivity index (χ1v) is 13.3. The molecule has 0 saturated carbocycles. The van der Waals surface area contributed by atoms with Crippen molar-refractivity contribution in [3.8, 4) is 11.5 Å². The van der Waals surface area contributed by atoms with Gasteiger partial charge in [0, 0.05) is 63.9 Å². The number of imidazole rings is 1. The van der Waals surface area contributed by atoms with Crippen LogP contribution in [-0.2, 0) is 11.3 Å². The summed E-state index contributed by atoms with van der Waals surface area (Å²) >= 11 is 0. The molecular weight excluding hydrogens is 502 g/mol. The fourth-order valence-electron chi connectivity index (χ4n) is 5.68. The zero-order valence-electron chi connectivity index (χ0n) is 21.5. The third-order valence-corrected chi connectivity index (χ3v) is 7.81. The fraction of sp³-hybridized carbons (Fsp3) is 0.393. The Labute approximate surface area is 224 Å². The van der Waals surface area contributed by atoms with E-state index in [2.05, 4.69) is 24.4 Å². The highest BCUT2D eigenvalue weighted by molar-refractivity contribution is 5.85. The summed E-state index contributed by atoms with van der Waals surface area (Å²) in [5.41, 5.74) is 6.59. The van der Waals surface area contributed by atoms with Crippen molar-refractivity contribution in [2.45, 2.75) is 43.9 Å². The lowest BCUT2D eigenvalue weighted by Crippen LogP contribution is -2.54. The molecular formula is C28H30F2N8O. The number of anilines is 1. The van der Waals surface area contributed by atoms with Crippen molar-refractivity contribution in [3.05, 3.63) is 66.5 Å². The molecule has 2 aliphatic rings. The predicted molar refractivity (Wildman–Crippen MR) is 143 cm³/mol. The number of nitrogens with zero attached hydrogens (tertiary/aromatic N) is 7. The molecule has 2 saturated heterocycles. The normalized spacial score (nSPS) is 18.5. The van der Waals surface area contributed by atoms with Crippen molar-refractivity contribution in [1.29, 1.82) is 0 Å². The first-order chi connectivity index (χ1) is 18.9. The van der Waals surface area contributed by atoms with Gasteiger partial charge in [-0.1, -0.05) is 6.07 Å². The summed E-state index contributed by atoms with van der Waals surface area (Å²) in [4.78, 5) is 34.6. The van der Waals surface area contributed by atoms with Crippen LogP contribution in [0, 0.1) is 5.82 Å². The van der Waals surface area contributed by atoms with Crippen LogP contribution in [0.4, 0.5) is 14.6 Å². The summed E-state index contributed by atoms with van der Waals surface area (Å²) < 4.78 is 32.0. The topological polar surface area (TPSA) is 106 Å². The quantitative estimate of drug-likeness (QED) is 0.417. The molecule has 0 radical (unpaired) electrons. The Bertz CT molecular complexity index is 1460. The van der Waals surface area contributed by atoms with Crippen LogP contribution < -0.4 is 5.73 Å². The Morgan fingerprint density at radius 2 is 1.82 bits per heavy atom. The van der Waals surface area contributed by atoms with E-state index in [9.17, 15) is 9.18 Å². The van der Waals surface area contributed by atoms with Crippen LogP contribution in [-0.4, -0.2) is 72.1 Å². The second-order valence-electron chi connectivity index (χ2n) is 10.4. The summed E-state index contributed by atoms with van der Waals surface area (Å²) in [7, 11) is 0. The van der Waals surface area contributed by atoms with Gasteiger partial charge in [0.05, 0.1) is 29.1 Å². The van der Waals surface area contributed by atoms with Gasteiger partial charge in [-0.3, -0.25) is 19.7 Å². The molecule has 11 heteroatoms. The third kappa shape index (κ3) is 5.06. The van der Waals surface area contributed by atoms with E-state index in [1.807, 2.05) is 18.2 Å². The van der Waals surface area contributed by atoms with Crippen molar-refractivity contribution in [2.24, 2.45) is 0 Å². The smallest absolute Gasteiger partial charge is 0.260 e. The molecule has 9 nitrogen and oxygen atoms in total. The number of hydrogen-bond acceptors (Lipinski definition) is 7. The third-order valence-electron chi connectivity index (χ3n) is 7.81. The highest BCUT2D eigenvalue weighted by Crippen LogP contribution is 2.35. The largest absolute Gasteiger partial charge is 0.382 e. The number of fused-ring (bicyclic) bond motifs is 1. The van der Waals surface area contributed by atoms with E-state index in [1.54, 1.807) is 23.4 Å². The number of alkyl halides is 1. The highest BCUT2D eigenvalue weighted by Gasteiger charge is 2.45. The Hall–Kier alpha value is -3.99. The average molecular weight is 533 g/mol. The van der Waals surface area contributed by atoms with Gasteiger partial charge in [-0.2, -0.15) is 0 Å². The van der Waals surface area contributed by atoms with Crippen LogP contribution in [0.1, 0.15) is 37.4 Å². The molecule has 39 heavy (non-hydrogen) atoms. The van der Waals surface area contributed by atoms with Gasteiger partial charge in [0.2, 0.25) is 0 Å². The van der Waals surface area contributed by atoms with Crippen molar-refractivity contribution < 1.29 is 13.6 Å². The number of piperidine rings is 2. The van der Waals surface area contributed by atoms with Crippen LogP contribution in [0.15, 0.2) is 55.0 Å². The van der Waals surface area contributed by atoms with E-state index >= 15 is 4.39 Å². The van der Waals surface area contributed by atoms with E-state index in [0.717, 1.165) is 11.2 Å². The van der Waals surface area contributed by atoms with Gasteiger partial charge in [-0.25, -0.2) is 18.7 Å². The lowest BCUT2D eigenvalue weighted by molar-refractivity contribution is -0.148. The molecule has 0 unspecified atom stereocenters. The van der Waals surface area contributed by atoms with Gasteiger partial charge in [-0.15, -0.1) is 0 Å². The predicted octanol–water partition coefficient (Wildman–Crippen LogP) is 3.78. The zero-order chi connectivity index (χ0) is 27.0. The monoisotopic (exact) mass is 532 g/mol. The molecule has 0 aliphatic carbocycles. The number of hydrogen-bond donors (Lipinski definition) is 1. The molecule has 2 aliphatic heterocycles. The first kappa shape index (κ1) is 25.3. The number of carbonyl (C=O) groups is 1. The van der Waals surface area contributed by atoms with Crippen LogP contribution in [0.2, 0.25) is 0 Å². The summed E-state index contributed by atoms with van der Waals surface area (Å²) in [6.07, 6.45) is 6.43. The number of benzene rings is 1. The number of carbonyl (C=O) groups excluding carboxylic acids is 1. The van der Waals surface area contributed by atoms with Gasteiger partial charge in [0.1, 0.15) is 17.3 Å². The molecule has 0 bridgehead atoms. The second kappa shape index (κ2) is 10.3. The molecule has 5 heterocycles. The zero-order valence-corrected chi connectivity index (χ0v) is 21.5. The Kier molecular flexibility index (Phi) is 6.68. The van der Waals surface area contributed by atoms with Crippen LogP contribution in [0.25, 0.3) is 22.6 Å². The summed E-state index contributed by atoms with van der Waals surface area (Å²) in [6, 6.07) is 10.2. The Morgan fingerprint density at radius 1 is 1.03 bits per heavy atom. The van der Waals surface area contributed by atoms with Crippen molar-refractivity contribution in [3.63, 3.8) is 0 Å². The lowest BCUT2D eigenvalue weighted by Gasteiger charge is -2.40. The number of amides is 1. The second-order valence-corrected chi connectivity index (χ2v) is 10.4. The summed E-state index contributed by atoms with van der Waals surface area (Å²) in [6.45, 7) is 2.38. The minimum atomic E-state index is -1.87. The van der Waals surface area contributed by atoms with Crippen LogP contribution in [0.5, 0.6) is 0 Å². The molecule has 2 N–H and O–H groups in total. The minimum Gasteiger partial charge on any atom is -0.382 e. The number of halogens is 2. The maximum atomic E-state index is 15.9. The van der Waals surface area contributed by atoms with Gasteiger partial charge < -0.3 is 15.2 Å². The lowest BCUT2D eigenvalue weighted by atomic mass is 9.90. The van der Waals surface area contributed by atoms with Crippen molar-refractivity contribution in [2.75, 3.05) is 31.9 Å². The molecule has 3 aromatic heterocycles. The van der Waals surface area contributed by atoms with Gasteiger partial charge in [0.15, 0.2) is 11.5 Å². The average Bonchev–Trinajstić information content (AvgIpc) is 3.34. The fourth-order valence-corrected chi connectivity index (χ4v) is 5.68. The van der Waals surface area contributed by atoms with E-state index in [4.69, 9.17) is 10.7 Å². The van der Waals surface area contributed by atoms with Crippen molar-refractivity contribution in [1.82, 2.24) is 34.3 Å². The van der Waals surface area contributed by atoms with Crippen LogP contribution in [0.3, 0.4) is 0 Å². The number of aromatic nitrogens is 5. The standard InChI is InChI=1S/C28H30F2N8O/c29-19-4-5-24-23(15-19)35-26(22-3-1-2-10-32-22)38(24)21-6-11-37(12-7-21)27(39)28(30)8-13-36(14-9-28)18-20-16-34-25(31)17-33-20/h1-5,10,15-17,21H,6-9,11-14,18H2,(H2,31,34). The van der Waals surface area contributed by atoms with Crippen LogP contribution >= 0.6 is 0 Å².